The Morgan fingerprint density at radius 3 is 3.00 bits per heavy atom. The minimum atomic E-state index is -0.108. The number of aromatic amines is 1. The molecule has 2 heterocycles. The van der Waals surface area contributed by atoms with Gasteiger partial charge in [0.25, 0.3) is 5.56 Å². The molecule has 0 atom stereocenters. The Balaban J connectivity index is 2.32. The number of aromatic nitrogens is 2. The number of aryl methyl sites for hydroxylation is 1. The van der Waals surface area contributed by atoms with Gasteiger partial charge in [-0.05, 0) is 30.2 Å². The summed E-state index contributed by atoms with van der Waals surface area (Å²) in [7, 11) is 0. The van der Waals surface area contributed by atoms with E-state index in [0.717, 1.165) is 26.5 Å². The molecule has 0 aliphatic carbocycles. The number of thiophene rings is 1. The van der Waals surface area contributed by atoms with Gasteiger partial charge in [0.05, 0.1) is 11.7 Å². The van der Waals surface area contributed by atoms with E-state index in [1.807, 2.05) is 30.5 Å². The van der Waals surface area contributed by atoms with Crippen LogP contribution in [-0.4, -0.2) is 9.97 Å². The minimum Gasteiger partial charge on any atom is -0.313 e. The highest BCUT2D eigenvalue weighted by molar-refractivity contribution is 7.17. The van der Waals surface area contributed by atoms with Crippen molar-refractivity contribution in [3.8, 4) is 11.1 Å². The zero-order valence-corrected chi connectivity index (χ0v) is 11.1. The first-order valence-electron chi connectivity index (χ1n) is 5.38. The van der Waals surface area contributed by atoms with Crippen molar-refractivity contribution in [1.29, 1.82) is 0 Å². The summed E-state index contributed by atoms with van der Waals surface area (Å²) in [4.78, 5) is 19.4. The number of nitrogens with one attached hydrogen (secondary N) is 1. The van der Waals surface area contributed by atoms with Crippen LogP contribution in [-0.2, 0) is 0 Å². The van der Waals surface area contributed by atoms with Crippen LogP contribution in [0.5, 0.6) is 0 Å². The van der Waals surface area contributed by atoms with Gasteiger partial charge in [-0.15, -0.1) is 11.3 Å². The normalized spacial score (nSPS) is 11.0. The quantitative estimate of drug-likeness (QED) is 0.738. The molecule has 0 fully saturated rings. The van der Waals surface area contributed by atoms with Crippen molar-refractivity contribution in [1.82, 2.24) is 9.97 Å². The second kappa shape index (κ2) is 4.23. The van der Waals surface area contributed by atoms with Gasteiger partial charge in [0, 0.05) is 16.0 Å². The second-order valence-electron chi connectivity index (χ2n) is 4.03. The fraction of sp³-hybridized carbons (Fsp3) is 0.0769. The van der Waals surface area contributed by atoms with Crippen LogP contribution in [0.15, 0.2) is 34.7 Å². The van der Waals surface area contributed by atoms with E-state index in [2.05, 4.69) is 9.97 Å². The molecule has 1 N–H and O–H groups in total. The minimum absolute atomic E-state index is 0.108. The van der Waals surface area contributed by atoms with E-state index in [0.29, 0.717) is 5.39 Å². The molecule has 3 rings (SSSR count). The first-order valence-corrected chi connectivity index (χ1v) is 6.64. The Kier molecular flexibility index (Phi) is 2.69. The molecule has 0 bridgehead atoms. The van der Waals surface area contributed by atoms with E-state index in [4.69, 9.17) is 11.6 Å². The maximum Gasteiger partial charge on any atom is 0.260 e. The number of rotatable bonds is 1. The molecular formula is C13H9ClN2OS. The maximum atomic E-state index is 11.9. The van der Waals surface area contributed by atoms with Crippen molar-refractivity contribution in [2.24, 2.45) is 0 Å². The fourth-order valence-electron chi connectivity index (χ4n) is 1.91. The van der Waals surface area contributed by atoms with Gasteiger partial charge in [-0.1, -0.05) is 17.7 Å². The van der Waals surface area contributed by atoms with Crippen molar-refractivity contribution in [3.05, 3.63) is 50.8 Å². The van der Waals surface area contributed by atoms with E-state index < -0.39 is 0 Å². The summed E-state index contributed by atoms with van der Waals surface area (Å²) in [5.41, 5.74) is 2.78. The Bertz CT molecular complexity index is 791. The predicted molar refractivity (Wildman–Crippen MR) is 75.4 cm³/mol. The van der Waals surface area contributed by atoms with Gasteiger partial charge in [0.15, 0.2) is 0 Å². The monoisotopic (exact) mass is 276 g/mol. The molecule has 0 spiro atoms. The molecule has 3 nitrogen and oxygen atoms in total. The number of benzene rings is 1. The Labute approximate surface area is 112 Å². The third-order valence-corrected chi connectivity index (χ3v) is 4.16. The van der Waals surface area contributed by atoms with Gasteiger partial charge in [-0.25, -0.2) is 4.98 Å². The molecule has 2 aromatic heterocycles. The average molecular weight is 277 g/mol. The summed E-state index contributed by atoms with van der Waals surface area (Å²) < 4.78 is 0. The molecule has 90 valence electrons. The van der Waals surface area contributed by atoms with Crippen LogP contribution in [0.3, 0.4) is 0 Å². The van der Waals surface area contributed by atoms with Gasteiger partial charge >= 0.3 is 0 Å². The molecule has 0 unspecified atom stereocenters. The molecule has 0 amide bonds. The Morgan fingerprint density at radius 2 is 2.22 bits per heavy atom. The molecule has 0 aliphatic rings. The molecule has 0 saturated heterocycles. The summed E-state index contributed by atoms with van der Waals surface area (Å²) >= 11 is 7.48. The van der Waals surface area contributed by atoms with E-state index in [9.17, 15) is 4.79 Å². The van der Waals surface area contributed by atoms with Crippen LogP contribution in [0.1, 0.15) is 5.56 Å². The lowest BCUT2D eigenvalue weighted by Gasteiger charge is -2.02. The van der Waals surface area contributed by atoms with Gasteiger partial charge in [-0.2, -0.15) is 0 Å². The number of hydrogen-bond donors (Lipinski definition) is 1. The Morgan fingerprint density at radius 1 is 1.39 bits per heavy atom. The first-order chi connectivity index (χ1) is 8.66. The molecule has 3 aromatic rings. The zero-order valence-electron chi connectivity index (χ0n) is 9.53. The smallest absolute Gasteiger partial charge is 0.260 e. The lowest BCUT2D eigenvalue weighted by molar-refractivity contribution is 1.18. The number of halogens is 1. The molecule has 0 aliphatic heterocycles. The van der Waals surface area contributed by atoms with E-state index in [1.54, 1.807) is 0 Å². The SMILES string of the molecule is Cc1cc(-c2csc3nc[nH]c(=O)c23)ccc1Cl. The lowest BCUT2D eigenvalue weighted by atomic mass is 10.0. The summed E-state index contributed by atoms with van der Waals surface area (Å²) in [5, 5.41) is 3.32. The van der Waals surface area contributed by atoms with Gasteiger partial charge in [-0.3, -0.25) is 4.79 Å². The number of hydrogen-bond acceptors (Lipinski definition) is 3. The third-order valence-electron chi connectivity index (χ3n) is 2.85. The molecule has 1 aromatic carbocycles. The van der Waals surface area contributed by atoms with Crippen LogP contribution in [0.25, 0.3) is 21.3 Å². The van der Waals surface area contributed by atoms with Crippen LogP contribution in [0.2, 0.25) is 5.02 Å². The maximum absolute atomic E-state index is 11.9. The molecular weight excluding hydrogens is 268 g/mol. The lowest BCUT2D eigenvalue weighted by Crippen LogP contribution is -2.05. The molecule has 0 saturated carbocycles. The molecule has 0 radical (unpaired) electrons. The highest BCUT2D eigenvalue weighted by Crippen LogP contribution is 2.32. The highest BCUT2D eigenvalue weighted by atomic mass is 35.5. The van der Waals surface area contributed by atoms with Gasteiger partial charge in [0.1, 0.15) is 4.83 Å². The summed E-state index contributed by atoms with van der Waals surface area (Å²) in [5.74, 6) is 0. The largest absolute Gasteiger partial charge is 0.313 e. The Hall–Kier alpha value is -1.65. The first kappa shape index (κ1) is 11.4. The van der Waals surface area contributed by atoms with Crippen molar-refractivity contribution >= 4 is 33.2 Å². The van der Waals surface area contributed by atoms with Crippen LogP contribution in [0, 0.1) is 6.92 Å². The summed E-state index contributed by atoms with van der Waals surface area (Å²) in [6.45, 7) is 1.95. The van der Waals surface area contributed by atoms with Crippen molar-refractivity contribution in [2.45, 2.75) is 6.92 Å². The van der Waals surface area contributed by atoms with E-state index in [-0.39, 0.29) is 5.56 Å². The van der Waals surface area contributed by atoms with Crippen molar-refractivity contribution < 1.29 is 0 Å². The van der Waals surface area contributed by atoms with Crippen LogP contribution >= 0.6 is 22.9 Å². The van der Waals surface area contributed by atoms with Gasteiger partial charge < -0.3 is 4.98 Å². The molecule has 18 heavy (non-hydrogen) atoms. The fourth-order valence-corrected chi connectivity index (χ4v) is 2.94. The van der Waals surface area contributed by atoms with E-state index in [1.165, 1.54) is 17.7 Å². The van der Waals surface area contributed by atoms with Crippen molar-refractivity contribution in [3.63, 3.8) is 0 Å². The standard InChI is InChI=1S/C13H9ClN2OS/c1-7-4-8(2-3-10(7)14)9-5-18-13-11(9)12(17)15-6-16-13/h2-6H,1H3,(H,15,16,17). The summed E-state index contributed by atoms with van der Waals surface area (Å²) in [6, 6.07) is 5.75. The number of H-pyrrole nitrogens is 1. The van der Waals surface area contributed by atoms with Crippen LogP contribution < -0.4 is 5.56 Å². The van der Waals surface area contributed by atoms with Crippen molar-refractivity contribution in [2.75, 3.05) is 0 Å². The van der Waals surface area contributed by atoms with Gasteiger partial charge in [0.2, 0.25) is 0 Å². The average Bonchev–Trinajstić information content (AvgIpc) is 2.78. The topological polar surface area (TPSA) is 45.8 Å². The van der Waals surface area contributed by atoms with E-state index >= 15 is 0 Å². The third kappa shape index (κ3) is 1.74. The highest BCUT2D eigenvalue weighted by Gasteiger charge is 2.11. The number of nitrogens with zero attached hydrogens (tertiary/aromatic N) is 1. The number of fused-ring (bicyclic) bond motifs is 1. The molecule has 5 heteroatoms. The summed E-state index contributed by atoms with van der Waals surface area (Å²) in [6.07, 6.45) is 1.43. The zero-order chi connectivity index (χ0) is 12.7. The van der Waals surface area contributed by atoms with Crippen LogP contribution in [0.4, 0.5) is 0 Å². The second-order valence-corrected chi connectivity index (χ2v) is 5.29. The predicted octanol–water partition coefficient (Wildman–Crippen LogP) is 3.61.